The van der Waals surface area contributed by atoms with Crippen molar-refractivity contribution in [1.82, 2.24) is 5.32 Å². The van der Waals surface area contributed by atoms with Gasteiger partial charge in [0, 0.05) is 12.8 Å². The normalized spacial score (nSPS) is 18.0. The molecule has 6 N–H and O–H groups in total. The van der Waals surface area contributed by atoms with Gasteiger partial charge < -0.3 is 45.1 Å². The zero-order valence-corrected chi connectivity index (χ0v) is 57.9. The molecule has 1 saturated heterocycles. The van der Waals surface area contributed by atoms with Crippen molar-refractivity contribution in [2.24, 2.45) is 0 Å². The first kappa shape index (κ1) is 84.4. The van der Waals surface area contributed by atoms with Crippen molar-refractivity contribution in [2.75, 3.05) is 19.8 Å². The van der Waals surface area contributed by atoms with Gasteiger partial charge >= 0.3 is 5.97 Å². The van der Waals surface area contributed by atoms with E-state index in [4.69, 9.17) is 14.2 Å². The van der Waals surface area contributed by atoms with Crippen LogP contribution < -0.4 is 5.32 Å². The Morgan fingerprint density at radius 1 is 0.416 bits per heavy atom. The molecule has 1 fully saturated rings. The van der Waals surface area contributed by atoms with Gasteiger partial charge in [-0.25, -0.2) is 0 Å². The van der Waals surface area contributed by atoms with Crippen molar-refractivity contribution < 1.29 is 49.3 Å². The number of rotatable bonds is 67. The van der Waals surface area contributed by atoms with Crippen LogP contribution in [0.15, 0.2) is 60.8 Å². The molecule has 7 atom stereocenters. The number of ether oxygens (including phenoxy) is 3. The van der Waals surface area contributed by atoms with E-state index in [9.17, 15) is 35.1 Å². The van der Waals surface area contributed by atoms with Crippen LogP contribution in [0.4, 0.5) is 0 Å². The highest BCUT2D eigenvalue weighted by Gasteiger charge is 2.44. The summed E-state index contributed by atoms with van der Waals surface area (Å²) in [6.45, 7) is 4.33. The quantitative estimate of drug-likeness (QED) is 0.0195. The fourth-order valence-corrected chi connectivity index (χ4v) is 11.8. The van der Waals surface area contributed by atoms with Gasteiger partial charge in [-0.15, -0.1) is 0 Å². The second-order valence-corrected chi connectivity index (χ2v) is 26.3. The van der Waals surface area contributed by atoms with Gasteiger partial charge in [-0.3, -0.25) is 9.59 Å². The number of amides is 1. The summed E-state index contributed by atoms with van der Waals surface area (Å²) in [5.41, 5.74) is 0. The average Bonchev–Trinajstić information content (AvgIpc) is 1.79. The van der Waals surface area contributed by atoms with E-state index in [1.807, 2.05) is 6.08 Å². The van der Waals surface area contributed by atoms with E-state index in [1.165, 1.54) is 263 Å². The molecule has 0 radical (unpaired) electrons. The summed E-state index contributed by atoms with van der Waals surface area (Å²) in [6, 6.07) is -0.810. The Morgan fingerprint density at radius 3 is 1.17 bits per heavy atom. The van der Waals surface area contributed by atoms with Crippen molar-refractivity contribution in [3.05, 3.63) is 60.8 Å². The highest BCUT2D eigenvalue weighted by atomic mass is 16.7. The first-order valence-electron chi connectivity index (χ1n) is 38.1. The summed E-state index contributed by atoms with van der Waals surface area (Å²) < 4.78 is 16.8. The zero-order valence-electron chi connectivity index (χ0n) is 57.9. The molecular weight excluding hydrogens is 1110 g/mol. The predicted octanol–water partition coefficient (Wildman–Crippen LogP) is 20.1. The number of nitrogens with one attached hydrogen (secondary N) is 1. The van der Waals surface area contributed by atoms with Crippen LogP contribution in [0.25, 0.3) is 0 Å². The summed E-state index contributed by atoms with van der Waals surface area (Å²) in [6.07, 6.45) is 79.3. The lowest BCUT2D eigenvalue weighted by Gasteiger charge is -2.40. The van der Waals surface area contributed by atoms with Crippen molar-refractivity contribution in [3.8, 4) is 0 Å². The number of hydrogen-bond donors (Lipinski definition) is 6. The van der Waals surface area contributed by atoms with Gasteiger partial charge in [-0.05, 0) is 89.9 Å². The van der Waals surface area contributed by atoms with Crippen molar-refractivity contribution in [3.63, 3.8) is 0 Å². The van der Waals surface area contributed by atoms with Crippen LogP contribution in [-0.4, -0.2) is 100 Å². The average molecular weight is 1250 g/mol. The fourth-order valence-electron chi connectivity index (χ4n) is 11.8. The third-order valence-corrected chi connectivity index (χ3v) is 17.8. The third kappa shape index (κ3) is 55.5. The number of aliphatic hydroxyl groups excluding tert-OH is 5. The van der Waals surface area contributed by atoms with Gasteiger partial charge in [0.05, 0.1) is 32.0 Å². The molecule has 0 aromatic carbocycles. The second kappa shape index (κ2) is 66.8. The highest BCUT2D eigenvalue weighted by molar-refractivity contribution is 5.76. The number of allylic oxidation sites excluding steroid dienone is 9. The standard InChI is InChI=1S/C78H143NO10/c1-3-5-7-9-11-13-15-17-40-44-48-52-56-60-64-71(81)70(69-88-78-77(86)76(85)75(84)72(68-80)89-78)79-73(82)65-61-57-53-49-45-41-38-36-34-32-30-28-26-24-22-20-19-21-23-25-27-29-31-33-35-37-39-43-47-51-55-59-63-67-87-74(83)66-62-58-54-50-46-42-18-16-14-12-10-8-6-4-2/h10,12,16,18,23,25,29,31,60,64,70-72,75-78,80-81,84-86H,3-9,11,13-15,17,19-22,24,26-28,30,32-59,61-63,65-69H2,1-2H3,(H,79,82)/b12-10-,18-16-,25-23-,31-29-,64-60+. The van der Waals surface area contributed by atoms with E-state index in [2.05, 4.69) is 67.8 Å². The summed E-state index contributed by atoms with van der Waals surface area (Å²) in [4.78, 5) is 25.2. The number of hydrogen-bond acceptors (Lipinski definition) is 10. The molecule has 0 aromatic rings. The maximum atomic E-state index is 13.1. The molecule has 1 rings (SSSR count). The van der Waals surface area contributed by atoms with Crippen LogP contribution in [0.5, 0.6) is 0 Å². The van der Waals surface area contributed by atoms with Crippen LogP contribution in [-0.2, 0) is 23.8 Å². The fraction of sp³-hybridized carbons (Fsp3) is 0.846. The van der Waals surface area contributed by atoms with E-state index in [1.54, 1.807) is 6.08 Å². The topological polar surface area (TPSA) is 175 Å². The van der Waals surface area contributed by atoms with Crippen molar-refractivity contribution in [1.29, 1.82) is 0 Å². The highest BCUT2D eigenvalue weighted by Crippen LogP contribution is 2.23. The van der Waals surface area contributed by atoms with Crippen LogP contribution in [0.1, 0.15) is 361 Å². The molecule has 0 aromatic heterocycles. The Hall–Kier alpha value is -2.64. The maximum absolute atomic E-state index is 13.1. The van der Waals surface area contributed by atoms with Crippen molar-refractivity contribution >= 4 is 11.9 Å². The Kier molecular flexibility index (Phi) is 63.3. The minimum absolute atomic E-state index is 0.00781. The van der Waals surface area contributed by atoms with Gasteiger partial charge in [0.25, 0.3) is 0 Å². The molecule has 7 unspecified atom stereocenters. The monoisotopic (exact) mass is 1250 g/mol. The van der Waals surface area contributed by atoms with Gasteiger partial charge in [-0.2, -0.15) is 0 Å². The molecule has 1 heterocycles. The van der Waals surface area contributed by atoms with Crippen LogP contribution in [0.3, 0.4) is 0 Å². The third-order valence-electron chi connectivity index (χ3n) is 17.8. The van der Waals surface area contributed by atoms with E-state index in [-0.39, 0.29) is 18.5 Å². The zero-order chi connectivity index (χ0) is 64.4. The first-order chi connectivity index (χ1) is 43.7. The summed E-state index contributed by atoms with van der Waals surface area (Å²) >= 11 is 0. The molecule has 89 heavy (non-hydrogen) atoms. The molecule has 1 aliphatic heterocycles. The van der Waals surface area contributed by atoms with E-state index in [0.717, 1.165) is 70.6 Å². The number of carbonyl (C=O) groups is 2. The minimum atomic E-state index is -1.57. The predicted molar refractivity (Wildman–Crippen MR) is 375 cm³/mol. The SMILES string of the molecule is CCCC/C=C\C/C=C\CCCCCCCC(=O)OCCCCCCCCCCC/C=C\C/C=C\CCCCCCCCCCCCCCCCCCCC(=O)NC(COC1OC(CO)C(O)C(O)C1O)C(O)/C=C/CCCCCCCCCCCCCC. The Bertz CT molecular complexity index is 1660. The van der Waals surface area contributed by atoms with Crippen LogP contribution in [0.2, 0.25) is 0 Å². The Balaban J connectivity index is 1.96. The van der Waals surface area contributed by atoms with Crippen molar-refractivity contribution in [2.45, 2.75) is 403 Å². The van der Waals surface area contributed by atoms with E-state index >= 15 is 0 Å². The van der Waals surface area contributed by atoms with E-state index in [0.29, 0.717) is 19.4 Å². The molecule has 0 bridgehead atoms. The minimum Gasteiger partial charge on any atom is -0.466 e. The molecule has 1 aliphatic rings. The summed E-state index contributed by atoms with van der Waals surface area (Å²) in [7, 11) is 0. The van der Waals surface area contributed by atoms with E-state index < -0.39 is 49.5 Å². The lowest BCUT2D eigenvalue weighted by atomic mass is 9.99. The molecule has 11 nitrogen and oxygen atoms in total. The summed E-state index contributed by atoms with van der Waals surface area (Å²) in [5, 5.41) is 54.6. The molecular formula is C78H143NO10. The molecule has 1 amide bonds. The van der Waals surface area contributed by atoms with Gasteiger partial charge in [0.2, 0.25) is 5.91 Å². The maximum Gasteiger partial charge on any atom is 0.305 e. The lowest BCUT2D eigenvalue weighted by molar-refractivity contribution is -0.302. The molecule has 11 heteroatoms. The largest absolute Gasteiger partial charge is 0.466 e. The lowest BCUT2D eigenvalue weighted by Crippen LogP contribution is -2.60. The first-order valence-corrected chi connectivity index (χ1v) is 38.1. The van der Waals surface area contributed by atoms with Gasteiger partial charge in [0.1, 0.15) is 24.4 Å². The number of unbranched alkanes of at least 4 members (excludes halogenated alkanes) is 45. The number of carbonyl (C=O) groups excluding carboxylic acids is 2. The number of esters is 1. The Morgan fingerprint density at radius 2 is 0.764 bits per heavy atom. The molecule has 520 valence electrons. The second-order valence-electron chi connectivity index (χ2n) is 26.3. The van der Waals surface area contributed by atoms with Crippen LogP contribution >= 0.6 is 0 Å². The number of aliphatic hydroxyl groups is 5. The van der Waals surface area contributed by atoms with Gasteiger partial charge in [-0.1, -0.05) is 319 Å². The molecule has 0 spiro atoms. The summed E-state index contributed by atoms with van der Waals surface area (Å²) in [5.74, 6) is -0.186. The van der Waals surface area contributed by atoms with Gasteiger partial charge in [0.15, 0.2) is 6.29 Å². The van der Waals surface area contributed by atoms with Crippen LogP contribution in [0, 0.1) is 0 Å². The molecule has 0 aliphatic carbocycles. The Labute approximate surface area is 548 Å². The molecule has 0 saturated carbocycles. The smallest absolute Gasteiger partial charge is 0.305 e.